The number of ether oxygens (including phenoxy) is 1. The van der Waals surface area contributed by atoms with Gasteiger partial charge in [0.1, 0.15) is 5.75 Å². The summed E-state index contributed by atoms with van der Waals surface area (Å²) in [4.78, 5) is 0. The van der Waals surface area contributed by atoms with E-state index < -0.39 is 0 Å². The third-order valence-corrected chi connectivity index (χ3v) is 2.44. The number of methoxy groups -OCH3 is 1. The third-order valence-electron chi connectivity index (χ3n) is 2.44. The molecule has 0 atom stereocenters. The largest absolute Gasteiger partial charge is 0.497 e. The molecule has 0 aromatic heterocycles. The fourth-order valence-corrected chi connectivity index (χ4v) is 1.56. The van der Waals surface area contributed by atoms with Crippen molar-refractivity contribution < 1.29 is 4.74 Å². The molecule has 1 N–H and O–H groups in total. The van der Waals surface area contributed by atoms with E-state index in [9.17, 15) is 0 Å². The molecule has 0 aliphatic heterocycles. The highest BCUT2D eigenvalue weighted by Crippen LogP contribution is 2.18. The molecule has 0 aliphatic carbocycles. The fraction of sp³-hybridized carbons (Fsp3) is 0.500. The molecule has 1 aromatic rings. The molecular weight excluding hydrogens is 174 g/mol. The number of rotatable bonds is 5. The molecule has 14 heavy (non-hydrogen) atoms. The summed E-state index contributed by atoms with van der Waals surface area (Å²) in [6.07, 6.45) is 2.15. The zero-order chi connectivity index (χ0) is 10.4. The summed E-state index contributed by atoms with van der Waals surface area (Å²) in [5.41, 5.74) is 2.81. The van der Waals surface area contributed by atoms with E-state index >= 15 is 0 Å². The van der Waals surface area contributed by atoms with Crippen LogP contribution in [0.15, 0.2) is 18.2 Å². The van der Waals surface area contributed by atoms with Crippen LogP contribution >= 0.6 is 0 Å². The van der Waals surface area contributed by atoms with Crippen molar-refractivity contribution in [3.8, 4) is 5.75 Å². The average Bonchev–Trinajstić information content (AvgIpc) is 2.26. The molecule has 0 spiro atoms. The predicted molar refractivity (Wildman–Crippen MR) is 60.0 cm³/mol. The lowest BCUT2D eigenvalue weighted by molar-refractivity contribution is 0.414. The van der Waals surface area contributed by atoms with Crippen molar-refractivity contribution in [1.82, 2.24) is 5.32 Å². The zero-order valence-corrected chi connectivity index (χ0v) is 9.26. The summed E-state index contributed by atoms with van der Waals surface area (Å²) in [6.45, 7) is 3.21. The first-order valence-corrected chi connectivity index (χ1v) is 5.12. The van der Waals surface area contributed by atoms with Crippen molar-refractivity contribution in [3.05, 3.63) is 29.3 Å². The van der Waals surface area contributed by atoms with Crippen LogP contribution in [0.1, 0.15) is 18.1 Å². The summed E-state index contributed by atoms with van der Waals surface area (Å²) in [5, 5.41) is 3.16. The Morgan fingerprint density at radius 3 is 2.64 bits per heavy atom. The van der Waals surface area contributed by atoms with Crippen molar-refractivity contribution >= 4 is 0 Å². The minimum atomic E-state index is 0.954. The van der Waals surface area contributed by atoms with Gasteiger partial charge in [-0.05, 0) is 49.7 Å². The highest BCUT2D eigenvalue weighted by Gasteiger charge is 2.01. The monoisotopic (exact) mass is 193 g/mol. The van der Waals surface area contributed by atoms with Gasteiger partial charge in [-0.1, -0.05) is 13.0 Å². The molecule has 2 heteroatoms. The Kier molecular flexibility index (Phi) is 4.47. The zero-order valence-electron chi connectivity index (χ0n) is 9.26. The van der Waals surface area contributed by atoms with Gasteiger partial charge in [0.15, 0.2) is 0 Å². The summed E-state index contributed by atoms with van der Waals surface area (Å²) in [6, 6.07) is 6.32. The lowest BCUT2D eigenvalue weighted by atomic mass is 10.0. The second-order valence-corrected chi connectivity index (χ2v) is 3.34. The van der Waals surface area contributed by atoms with E-state index in [1.54, 1.807) is 7.11 Å². The van der Waals surface area contributed by atoms with E-state index in [1.807, 2.05) is 13.1 Å². The Morgan fingerprint density at radius 1 is 1.29 bits per heavy atom. The van der Waals surface area contributed by atoms with E-state index in [-0.39, 0.29) is 0 Å². The number of likely N-dealkylation sites (N-methyl/N-ethyl adjacent to an activating group) is 1. The van der Waals surface area contributed by atoms with E-state index in [0.717, 1.165) is 25.1 Å². The van der Waals surface area contributed by atoms with Crippen molar-refractivity contribution in [2.24, 2.45) is 0 Å². The van der Waals surface area contributed by atoms with Crippen LogP contribution < -0.4 is 10.1 Å². The van der Waals surface area contributed by atoms with Crippen LogP contribution in [0, 0.1) is 0 Å². The fourth-order valence-electron chi connectivity index (χ4n) is 1.56. The summed E-state index contributed by atoms with van der Waals surface area (Å²) < 4.78 is 5.20. The SMILES string of the molecule is CCc1cc(OC)ccc1CCNC. The van der Waals surface area contributed by atoms with Crippen molar-refractivity contribution in [2.75, 3.05) is 20.7 Å². The lowest BCUT2D eigenvalue weighted by Gasteiger charge is -2.09. The third kappa shape index (κ3) is 2.74. The van der Waals surface area contributed by atoms with Crippen LogP contribution in [0.3, 0.4) is 0 Å². The molecule has 0 aliphatic rings. The van der Waals surface area contributed by atoms with E-state index in [0.29, 0.717) is 0 Å². The molecule has 0 unspecified atom stereocenters. The van der Waals surface area contributed by atoms with Crippen LogP contribution in [-0.2, 0) is 12.8 Å². The number of hydrogen-bond donors (Lipinski definition) is 1. The molecular formula is C12H19NO. The molecule has 0 amide bonds. The molecule has 1 aromatic carbocycles. The first-order chi connectivity index (χ1) is 6.81. The highest BCUT2D eigenvalue weighted by molar-refractivity contribution is 5.35. The van der Waals surface area contributed by atoms with Gasteiger partial charge in [0.25, 0.3) is 0 Å². The number of aryl methyl sites for hydroxylation is 1. The Bertz CT molecular complexity index is 284. The topological polar surface area (TPSA) is 21.3 Å². The van der Waals surface area contributed by atoms with Gasteiger partial charge in [-0.2, -0.15) is 0 Å². The quantitative estimate of drug-likeness (QED) is 0.772. The van der Waals surface area contributed by atoms with Crippen LogP contribution in [-0.4, -0.2) is 20.7 Å². The Labute approximate surface area is 86.3 Å². The maximum atomic E-state index is 5.20. The Hall–Kier alpha value is -1.02. The Balaban J connectivity index is 2.82. The molecule has 0 heterocycles. The minimum Gasteiger partial charge on any atom is -0.497 e. The molecule has 0 bridgehead atoms. The number of nitrogens with one attached hydrogen (secondary N) is 1. The summed E-state index contributed by atoms with van der Waals surface area (Å²) >= 11 is 0. The van der Waals surface area contributed by atoms with Crippen LogP contribution in [0.25, 0.3) is 0 Å². The van der Waals surface area contributed by atoms with Crippen molar-refractivity contribution in [3.63, 3.8) is 0 Å². The van der Waals surface area contributed by atoms with Gasteiger partial charge in [0, 0.05) is 0 Å². The predicted octanol–water partition coefficient (Wildman–Crippen LogP) is 2.02. The Morgan fingerprint density at radius 2 is 2.07 bits per heavy atom. The highest BCUT2D eigenvalue weighted by atomic mass is 16.5. The summed E-state index contributed by atoms with van der Waals surface area (Å²) in [7, 11) is 3.69. The van der Waals surface area contributed by atoms with Crippen LogP contribution in [0.2, 0.25) is 0 Å². The van der Waals surface area contributed by atoms with Gasteiger partial charge in [0.05, 0.1) is 7.11 Å². The molecule has 0 radical (unpaired) electrons. The van der Waals surface area contributed by atoms with Gasteiger partial charge in [0.2, 0.25) is 0 Å². The van der Waals surface area contributed by atoms with Crippen LogP contribution in [0.4, 0.5) is 0 Å². The lowest BCUT2D eigenvalue weighted by Crippen LogP contribution is -2.11. The van der Waals surface area contributed by atoms with Crippen molar-refractivity contribution in [2.45, 2.75) is 19.8 Å². The minimum absolute atomic E-state index is 0.954. The molecule has 0 fully saturated rings. The van der Waals surface area contributed by atoms with Gasteiger partial charge in [-0.15, -0.1) is 0 Å². The smallest absolute Gasteiger partial charge is 0.119 e. The summed E-state index contributed by atoms with van der Waals surface area (Å²) in [5.74, 6) is 0.954. The number of hydrogen-bond acceptors (Lipinski definition) is 2. The van der Waals surface area contributed by atoms with Gasteiger partial charge in [-0.25, -0.2) is 0 Å². The van der Waals surface area contributed by atoms with Gasteiger partial charge in [-0.3, -0.25) is 0 Å². The first kappa shape index (κ1) is 11.1. The molecule has 1 rings (SSSR count). The molecule has 0 saturated carbocycles. The van der Waals surface area contributed by atoms with Crippen LogP contribution in [0.5, 0.6) is 5.75 Å². The molecule has 78 valence electrons. The number of benzene rings is 1. The molecule has 0 saturated heterocycles. The van der Waals surface area contributed by atoms with Gasteiger partial charge < -0.3 is 10.1 Å². The normalized spacial score (nSPS) is 10.2. The second kappa shape index (κ2) is 5.66. The van der Waals surface area contributed by atoms with Gasteiger partial charge >= 0.3 is 0 Å². The standard InChI is InChI=1S/C12H19NO/c1-4-10-9-12(14-3)6-5-11(10)7-8-13-2/h5-6,9,13H,4,7-8H2,1-3H3. The van der Waals surface area contributed by atoms with E-state index in [1.165, 1.54) is 11.1 Å². The van der Waals surface area contributed by atoms with E-state index in [2.05, 4.69) is 24.4 Å². The maximum absolute atomic E-state index is 5.20. The van der Waals surface area contributed by atoms with Crippen molar-refractivity contribution in [1.29, 1.82) is 0 Å². The average molecular weight is 193 g/mol. The molecule has 2 nitrogen and oxygen atoms in total. The first-order valence-electron chi connectivity index (χ1n) is 5.12. The van der Waals surface area contributed by atoms with E-state index in [4.69, 9.17) is 4.74 Å². The second-order valence-electron chi connectivity index (χ2n) is 3.34. The maximum Gasteiger partial charge on any atom is 0.119 e.